The van der Waals surface area contributed by atoms with Crippen molar-refractivity contribution in [3.63, 3.8) is 0 Å². The van der Waals surface area contributed by atoms with Gasteiger partial charge in [0.1, 0.15) is 11.6 Å². The monoisotopic (exact) mass is 283 g/mol. The molecule has 0 atom stereocenters. The molecule has 0 amide bonds. The van der Waals surface area contributed by atoms with Crippen LogP contribution >= 0.6 is 0 Å². The van der Waals surface area contributed by atoms with Crippen molar-refractivity contribution < 1.29 is 4.39 Å². The molecule has 0 unspecified atom stereocenters. The number of rotatable bonds is 2. The van der Waals surface area contributed by atoms with Crippen LogP contribution < -0.4 is 5.73 Å². The lowest BCUT2D eigenvalue weighted by Gasteiger charge is -2.12. The van der Waals surface area contributed by atoms with E-state index >= 15 is 0 Å². The summed E-state index contributed by atoms with van der Waals surface area (Å²) < 4.78 is 15.8. The second-order valence-corrected chi connectivity index (χ2v) is 5.70. The minimum atomic E-state index is -0.239. The smallest absolute Gasteiger partial charge is 0.125 e. The zero-order chi connectivity index (χ0) is 15.1. The third-order valence-electron chi connectivity index (χ3n) is 3.51. The molecular weight excluding hydrogens is 265 g/mol. The summed E-state index contributed by atoms with van der Waals surface area (Å²) in [7, 11) is 0. The van der Waals surface area contributed by atoms with Crippen LogP contribution in [0.2, 0.25) is 0 Å². The summed E-state index contributed by atoms with van der Waals surface area (Å²) in [6, 6.07) is 10.7. The molecule has 0 saturated heterocycles. The number of aryl methyl sites for hydroxylation is 1. The fraction of sp³-hybridized carbons (Fsp3) is 0.235. The summed E-state index contributed by atoms with van der Waals surface area (Å²) >= 11 is 0. The number of hydrogen-bond donors (Lipinski definition) is 1. The third-order valence-corrected chi connectivity index (χ3v) is 3.51. The highest BCUT2D eigenvalue weighted by atomic mass is 19.1. The number of hydrogen-bond acceptors (Lipinski definition) is 2. The van der Waals surface area contributed by atoms with E-state index in [4.69, 9.17) is 5.73 Å². The second kappa shape index (κ2) is 4.88. The molecule has 108 valence electrons. The highest BCUT2D eigenvalue weighted by Gasteiger charge is 2.16. The van der Waals surface area contributed by atoms with Crippen LogP contribution in [0.1, 0.15) is 31.2 Å². The summed E-state index contributed by atoms with van der Waals surface area (Å²) in [6.07, 6.45) is 0. The maximum absolute atomic E-state index is 13.8. The first-order chi connectivity index (χ1) is 9.95. The van der Waals surface area contributed by atoms with Gasteiger partial charge in [0.2, 0.25) is 0 Å². The van der Waals surface area contributed by atoms with Crippen molar-refractivity contribution in [2.75, 3.05) is 5.73 Å². The van der Waals surface area contributed by atoms with Crippen LogP contribution in [0, 0.1) is 12.7 Å². The highest BCUT2D eigenvalue weighted by molar-refractivity contribution is 5.81. The van der Waals surface area contributed by atoms with Gasteiger partial charge in [-0.3, -0.25) is 4.57 Å². The van der Waals surface area contributed by atoms with Crippen molar-refractivity contribution in [3.8, 4) is 5.69 Å². The van der Waals surface area contributed by atoms with Crippen molar-refractivity contribution in [1.82, 2.24) is 9.55 Å². The number of aromatic nitrogens is 2. The number of nitrogens with zero attached hydrogens (tertiary/aromatic N) is 2. The largest absolute Gasteiger partial charge is 0.399 e. The molecule has 3 nitrogen and oxygen atoms in total. The molecule has 3 rings (SSSR count). The lowest BCUT2D eigenvalue weighted by molar-refractivity contribution is 0.624. The van der Waals surface area contributed by atoms with E-state index in [1.54, 1.807) is 0 Å². The molecule has 0 aliphatic carbocycles. The van der Waals surface area contributed by atoms with E-state index in [2.05, 4.69) is 18.8 Å². The number of nitrogens with two attached hydrogens (primary N) is 1. The van der Waals surface area contributed by atoms with E-state index in [9.17, 15) is 4.39 Å². The number of benzene rings is 2. The first-order valence-corrected chi connectivity index (χ1v) is 7.01. The molecule has 0 bridgehead atoms. The third kappa shape index (κ3) is 2.37. The van der Waals surface area contributed by atoms with Gasteiger partial charge < -0.3 is 5.73 Å². The normalized spacial score (nSPS) is 11.5. The van der Waals surface area contributed by atoms with Crippen molar-refractivity contribution in [2.24, 2.45) is 0 Å². The molecule has 0 spiro atoms. The Morgan fingerprint density at radius 2 is 1.90 bits per heavy atom. The Balaban J connectivity index is 2.36. The van der Waals surface area contributed by atoms with Crippen molar-refractivity contribution in [1.29, 1.82) is 0 Å². The standard InChI is InChI=1S/C17H18FN3/c1-10(2)17-20-15-9-13(19)4-5-16(15)21(17)14-7-11(3)6-12(18)8-14/h4-10H,19H2,1-3H3. The fourth-order valence-corrected chi connectivity index (χ4v) is 2.62. The number of nitrogen functional groups attached to an aromatic ring is 1. The van der Waals surface area contributed by atoms with E-state index in [1.807, 2.05) is 35.8 Å². The molecule has 0 aliphatic heterocycles. The van der Waals surface area contributed by atoms with E-state index in [0.717, 1.165) is 28.1 Å². The summed E-state index contributed by atoms with van der Waals surface area (Å²) in [5.41, 5.74) is 9.97. The number of imidazole rings is 1. The Labute approximate surface area is 123 Å². The van der Waals surface area contributed by atoms with Gasteiger partial charge in [0.15, 0.2) is 0 Å². The van der Waals surface area contributed by atoms with E-state index in [1.165, 1.54) is 12.1 Å². The maximum Gasteiger partial charge on any atom is 0.125 e. The van der Waals surface area contributed by atoms with Gasteiger partial charge in [-0.05, 0) is 48.9 Å². The molecule has 1 heterocycles. The van der Waals surface area contributed by atoms with E-state index in [-0.39, 0.29) is 11.7 Å². The zero-order valence-electron chi connectivity index (χ0n) is 12.4. The van der Waals surface area contributed by atoms with Crippen LogP contribution in [-0.2, 0) is 0 Å². The highest BCUT2D eigenvalue weighted by Crippen LogP contribution is 2.28. The fourth-order valence-electron chi connectivity index (χ4n) is 2.62. The maximum atomic E-state index is 13.8. The minimum Gasteiger partial charge on any atom is -0.399 e. The first-order valence-electron chi connectivity index (χ1n) is 7.01. The Bertz CT molecular complexity index is 798. The van der Waals surface area contributed by atoms with Gasteiger partial charge in [-0.15, -0.1) is 0 Å². The van der Waals surface area contributed by atoms with E-state index in [0.29, 0.717) is 5.69 Å². The topological polar surface area (TPSA) is 43.8 Å². The molecule has 4 heteroatoms. The number of anilines is 1. The summed E-state index contributed by atoms with van der Waals surface area (Å²) in [4.78, 5) is 4.67. The van der Waals surface area contributed by atoms with Crippen LogP contribution in [0.15, 0.2) is 36.4 Å². The summed E-state index contributed by atoms with van der Waals surface area (Å²) in [5.74, 6) is 0.889. The van der Waals surface area contributed by atoms with Crippen LogP contribution in [0.3, 0.4) is 0 Å². The van der Waals surface area contributed by atoms with Gasteiger partial charge in [0.25, 0.3) is 0 Å². The van der Waals surface area contributed by atoms with Crippen molar-refractivity contribution in [3.05, 3.63) is 53.6 Å². The number of halogens is 1. The van der Waals surface area contributed by atoms with E-state index < -0.39 is 0 Å². The Morgan fingerprint density at radius 1 is 1.14 bits per heavy atom. The Kier molecular flexibility index (Phi) is 3.16. The predicted molar refractivity (Wildman–Crippen MR) is 84.3 cm³/mol. The second-order valence-electron chi connectivity index (χ2n) is 5.70. The molecule has 0 fully saturated rings. The van der Waals surface area contributed by atoms with Crippen LogP contribution in [0.5, 0.6) is 0 Å². The SMILES string of the molecule is Cc1cc(F)cc(-n2c(C(C)C)nc3cc(N)ccc32)c1. The van der Waals surface area contributed by atoms with Gasteiger partial charge in [0.05, 0.1) is 16.7 Å². The van der Waals surface area contributed by atoms with Crippen LogP contribution in [-0.4, -0.2) is 9.55 Å². The average Bonchev–Trinajstić information content (AvgIpc) is 2.76. The van der Waals surface area contributed by atoms with Gasteiger partial charge in [-0.1, -0.05) is 13.8 Å². The van der Waals surface area contributed by atoms with Crippen LogP contribution in [0.25, 0.3) is 16.7 Å². The molecular formula is C17H18FN3. The Morgan fingerprint density at radius 3 is 2.57 bits per heavy atom. The van der Waals surface area contributed by atoms with Crippen LogP contribution in [0.4, 0.5) is 10.1 Å². The average molecular weight is 283 g/mol. The molecule has 21 heavy (non-hydrogen) atoms. The molecule has 0 aliphatic rings. The minimum absolute atomic E-state index is 0.224. The molecule has 2 N–H and O–H groups in total. The number of fused-ring (bicyclic) bond motifs is 1. The quantitative estimate of drug-likeness (QED) is 0.717. The molecule has 2 aromatic carbocycles. The van der Waals surface area contributed by atoms with Gasteiger partial charge in [-0.25, -0.2) is 9.37 Å². The zero-order valence-corrected chi connectivity index (χ0v) is 12.4. The van der Waals surface area contributed by atoms with Gasteiger partial charge >= 0.3 is 0 Å². The Hall–Kier alpha value is -2.36. The van der Waals surface area contributed by atoms with Gasteiger partial charge in [-0.2, -0.15) is 0 Å². The molecule has 1 aromatic heterocycles. The lowest BCUT2D eigenvalue weighted by atomic mass is 10.1. The summed E-state index contributed by atoms with van der Waals surface area (Å²) in [5, 5.41) is 0. The molecule has 0 saturated carbocycles. The van der Waals surface area contributed by atoms with Crippen molar-refractivity contribution >= 4 is 16.7 Å². The predicted octanol–water partition coefficient (Wildman–Crippen LogP) is 4.18. The van der Waals surface area contributed by atoms with Gasteiger partial charge in [0, 0.05) is 11.6 Å². The molecule has 3 aromatic rings. The lowest BCUT2D eigenvalue weighted by Crippen LogP contribution is -2.03. The first kappa shape index (κ1) is 13.6. The van der Waals surface area contributed by atoms with Crippen molar-refractivity contribution in [2.45, 2.75) is 26.7 Å². The molecule has 0 radical (unpaired) electrons. The summed E-state index contributed by atoms with van der Waals surface area (Å²) in [6.45, 7) is 6.04.